The van der Waals surface area contributed by atoms with Crippen LogP contribution in [-0.4, -0.2) is 26.2 Å². The van der Waals surface area contributed by atoms with Crippen LogP contribution >= 0.6 is 38.5 Å². The van der Waals surface area contributed by atoms with E-state index in [0.717, 1.165) is 25.2 Å². The van der Waals surface area contributed by atoms with Gasteiger partial charge in [0.25, 0.3) is 0 Å². The van der Waals surface area contributed by atoms with Crippen molar-refractivity contribution in [1.29, 1.82) is 5.26 Å². The van der Waals surface area contributed by atoms with Gasteiger partial charge in [-0.25, -0.2) is 18.4 Å². The van der Waals surface area contributed by atoms with Crippen LogP contribution in [0.15, 0.2) is 63.5 Å². The van der Waals surface area contributed by atoms with Crippen molar-refractivity contribution in [2.24, 2.45) is 5.73 Å². The topological polar surface area (TPSA) is 106 Å². The predicted molar refractivity (Wildman–Crippen MR) is 126 cm³/mol. The molecule has 1 unspecified atom stereocenters. The summed E-state index contributed by atoms with van der Waals surface area (Å²) in [5.74, 6) is -5.28. The van der Waals surface area contributed by atoms with Crippen LogP contribution in [0.1, 0.15) is 11.5 Å². The minimum atomic E-state index is -1.09. The molecular weight excluding hydrogens is 615 g/mol. The van der Waals surface area contributed by atoms with E-state index < -0.39 is 39.7 Å². The molecule has 0 amide bonds. The number of carbonyl (C=O) groups is 2. The smallest absolute Gasteiger partial charge is 0.355 e. The molecule has 1 aliphatic rings. The third-order valence-electron chi connectivity index (χ3n) is 4.93. The largest absolute Gasteiger partial charge is 0.466 e. The Kier molecular flexibility index (Phi) is 7.38. The first kappa shape index (κ1) is 24.7. The summed E-state index contributed by atoms with van der Waals surface area (Å²) in [5.41, 5.74) is 5.79. The summed E-state index contributed by atoms with van der Waals surface area (Å²) in [4.78, 5) is 26.9. The second kappa shape index (κ2) is 9.88. The Labute approximate surface area is 209 Å². The quantitative estimate of drug-likeness (QED) is 0.234. The summed E-state index contributed by atoms with van der Waals surface area (Å²) in [7, 11) is 2.18. The minimum Gasteiger partial charge on any atom is -0.466 e. The van der Waals surface area contributed by atoms with Crippen molar-refractivity contribution in [3.63, 3.8) is 0 Å². The minimum absolute atomic E-state index is 0.117. The predicted octanol–water partition coefficient (Wildman–Crippen LogP) is 4.23. The molecule has 7 nitrogen and oxygen atoms in total. The van der Waals surface area contributed by atoms with Gasteiger partial charge in [-0.1, -0.05) is 30.3 Å². The SMILES string of the molecule is COC(=O)C1=C(C(=O)OC)N(c2cc(F)c(Br)c(F)c2I)C(N)=C(C#N)C1c1ccccc1. The highest BCUT2D eigenvalue weighted by Gasteiger charge is 2.43. The highest BCUT2D eigenvalue weighted by Crippen LogP contribution is 2.45. The molecule has 0 aromatic heterocycles. The second-order valence-electron chi connectivity index (χ2n) is 6.65. The van der Waals surface area contributed by atoms with Crippen molar-refractivity contribution in [3.8, 4) is 6.07 Å². The number of anilines is 1. The molecule has 2 N–H and O–H groups in total. The summed E-state index contributed by atoms with van der Waals surface area (Å²) in [5, 5.41) is 9.97. The van der Waals surface area contributed by atoms with Crippen LogP contribution in [0.3, 0.4) is 0 Å². The van der Waals surface area contributed by atoms with E-state index in [1.165, 1.54) is 0 Å². The Bertz CT molecular complexity index is 1260. The standard InChI is InChI=1S/C22H15BrF2IN3O4/c1-32-21(30)15-14(10-6-4-3-5-7-10)11(9-27)20(28)29(19(15)22(31)33-2)13-8-12(24)16(23)17(25)18(13)26/h3-8,14H,28H2,1-2H3. The molecule has 33 heavy (non-hydrogen) atoms. The monoisotopic (exact) mass is 629 g/mol. The van der Waals surface area contributed by atoms with E-state index in [-0.39, 0.29) is 26.2 Å². The normalized spacial score (nSPS) is 15.9. The van der Waals surface area contributed by atoms with Gasteiger partial charge in [0.1, 0.15) is 17.3 Å². The van der Waals surface area contributed by atoms with Crippen LogP contribution in [0.25, 0.3) is 0 Å². The summed E-state index contributed by atoms with van der Waals surface area (Å²) in [6, 6.07) is 11.3. The lowest BCUT2D eigenvalue weighted by atomic mass is 9.81. The van der Waals surface area contributed by atoms with Gasteiger partial charge in [-0.05, 0) is 44.1 Å². The van der Waals surface area contributed by atoms with Gasteiger partial charge in [-0.2, -0.15) is 5.26 Å². The van der Waals surface area contributed by atoms with Crippen molar-refractivity contribution in [2.75, 3.05) is 19.1 Å². The Morgan fingerprint density at radius 2 is 1.79 bits per heavy atom. The van der Waals surface area contributed by atoms with E-state index in [4.69, 9.17) is 15.2 Å². The van der Waals surface area contributed by atoms with Crippen molar-refractivity contribution < 1.29 is 27.8 Å². The van der Waals surface area contributed by atoms with E-state index in [0.29, 0.717) is 5.56 Å². The molecule has 0 saturated carbocycles. The Morgan fingerprint density at radius 3 is 2.33 bits per heavy atom. The number of halogens is 4. The fourth-order valence-electron chi connectivity index (χ4n) is 3.49. The maximum atomic E-state index is 14.7. The molecule has 0 bridgehead atoms. The number of hydrogen-bond acceptors (Lipinski definition) is 7. The van der Waals surface area contributed by atoms with Crippen LogP contribution in [-0.2, 0) is 19.1 Å². The van der Waals surface area contributed by atoms with Gasteiger partial charge >= 0.3 is 11.9 Å². The van der Waals surface area contributed by atoms with Gasteiger partial charge in [0, 0.05) is 6.07 Å². The molecule has 11 heteroatoms. The van der Waals surface area contributed by atoms with Crippen LogP contribution in [0.5, 0.6) is 0 Å². The van der Waals surface area contributed by atoms with Gasteiger partial charge in [-0.3, -0.25) is 4.90 Å². The van der Waals surface area contributed by atoms with E-state index in [1.807, 2.05) is 6.07 Å². The summed E-state index contributed by atoms with van der Waals surface area (Å²) >= 11 is 4.44. The molecule has 1 heterocycles. The van der Waals surface area contributed by atoms with Crippen LogP contribution < -0.4 is 10.6 Å². The number of rotatable bonds is 4. The molecule has 0 fully saturated rings. The number of esters is 2. The zero-order valence-corrected chi connectivity index (χ0v) is 20.9. The zero-order chi connectivity index (χ0) is 24.4. The number of methoxy groups -OCH3 is 2. The third kappa shape index (κ3) is 4.20. The first-order chi connectivity index (χ1) is 15.7. The molecule has 3 rings (SSSR count). The molecule has 0 spiro atoms. The molecule has 0 radical (unpaired) electrons. The van der Waals surface area contributed by atoms with Gasteiger partial charge in [0.05, 0.1) is 51.1 Å². The molecular formula is C22H15BrF2IN3O4. The summed E-state index contributed by atoms with van der Waals surface area (Å²) < 4.78 is 38.5. The fraction of sp³-hybridized carbons (Fsp3) is 0.136. The number of hydrogen-bond donors (Lipinski definition) is 1. The molecule has 2 aromatic carbocycles. The van der Waals surface area contributed by atoms with Crippen molar-refractivity contribution in [3.05, 3.63) is 84.3 Å². The maximum Gasteiger partial charge on any atom is 0.355 e. The fourth-order valence-corrected chi connectivity index (χ4v) is 4.84. The van der Waals surface area contributed by atoms with E-state index >= 15 is 0 Å². The number of carbonyl (C=O) groups excluding carboxylic acids is 2. The Hall–Kier alpha value is -2.98. The highest BCUT2D eigenvalue weighted by atomic mass is 127. The lowest BCUT2D eigenvalue weighted by Gasteiger charge is -2.36. The van der Waals surface area contributed by atoms with Gasteiger partial charge in [-0.15, -0.1) is 0 Å². The number of nitrogens with two attached hydrogens (primary N) is 1. The highest BCUT2D eigenvalue weighted by molar-refractivity contribution is 14.1. The Morgan fingerprint density at radius 1 is 1.18 bits per heavy atom. The molecule has 170 valence electrons. The molecule has 0 saturated heterocycles. The number of nitriles is 1. The van der Waals surface area contributed by atoms with Crippen molar-refractivity contribution >= 4 is 56.1 Å². The van der Waals surface area contributed by atoms with Crippen LogP contribution in [0.4, 0.5) is 14.5 Å². The number of nitrogens with zero attached hydrogens (tertiary/aromatic N) is 2. The van der Waals surface area contributed by atoms with Gasteiger partial charge in [0.2, 0.25) is 0 Å². The van der Waals surface area contributed by atoms with Crippen LogP contribution in [0.2, 0.25) is 0 Å². The van der Waals surface area contributed by atoms with E-state index in [9.17, 15) is 23.6 Å². The second-order valence-corrected chi connectivity index (χ2v) is 8.53. The molecule has 2 aromatic rings. The molecule has 1 atom stereocenters. The first-order valence-electron chi connectivity index (χ1n) is 9.18. The van der Waals surface area contributed by atoms with Crippen molar-refractivity contribution in [2.45, 2.75) is 5.92 Å². The van der Waals surface area contributed by atoms with Gasteiger partial charge < -0.3 is 15.2 Å². The summed E-state index contributed by atoms with van der Waals surface area (Å²) in [6.45, 7) is 0. The Balaban J connectivity index is 2.49. The zero-order valence-electron chi connectivity index (χ0n) is 17.2. The van der Waals surface area contributed by atoms with E-state index in [1.54, 1.807) is 52.9 Å². The third-order valence-corrected chi connectivity index (χ3v) is 6.69. The van der Waals surface area contributed by atoms with Crippen LogP contribution in [0, 0.1) is 26.5 Å². The lowest BCUT2D eigenvalue weighted by Crippen LogP contribution is -2.41. The maximum absolute atomic E-state index is 14.7. The summed E-state index contributed by atoms with van der Waals surface area (Å²) in [6.07, 6.45) is 0. The van der Waals surface area contributed by atoms with Crippen molar-refractivity contribution in [1.82, 2.24) is 0 Å². The number of ether oxygens (including phenoxy) is 2. The van der Waals surface area contributed by atoms with Gasteiger partial charge in [0.15, 0.2) is 5.82 Å². The van der Waals surface area contributed by atoms with E-state index in [2.05, 4.69) is 15.9 Å². The molecule has 0 aliphatic carbocycles. The number of allylic oxidation sites excluding steroid dienone is 1. The lowest BCUT2D eigenvalue weighted by molar-refractivity contribution is -0.139. The average Bonchev–Trinajstić information content (AvgIpc) is 2.83. The number of benzene rings is 2. The average molecular weight is 630 g/mol. The molecule has 1 aliphatic heterocycles. The first-order valence-corrected chi connectivity index (χ1v) is 11.0.